The number of fused-ring (bicyclic) bond motifs is 3. The highest BCUT2D eigenvalue weighted by molar-refractivity contribution is 5.85. The minimum Gasteiger partial charge on any atom is -0.492 e. The molecule has 0 radical (unpaired) electrons. The third-order valence-corrected chi connectivity index (χ3v) is 6.37. The molecule has 0 amide bonds. The highest BCUT2D eigenvalue weighted by Crippen LogP contribution is 2.37. The van der Waals surface area contributed by atoms with Crippen molar-refractivity contribution in [3.63, 3.8) is 0 Å². The van der Waals surface area contributed by atoms with E-state index in [0.29, 0.717) is 26.2 Å². The molecule has 2 aliphatic heterocycles. The first-order valence-electron chi connectivity index (χ1n) is 10.8. The van der Waals surface area contributed by atoms with Crippen LogP contribution in [-0.2, 0) is 6.42 Å². The van der Waals surface area contributed by atoms with Crippen LogP contribution in [0.25, 0.3) is 10.9 Å². The number of benzene rings is 2. The van der Waals surface area contributed by atoms with Gasteiger partial charge in [-0.05, 0) is 25.0 Å². The van der Waals surface area contributed by atoms with Crippen molar-refractivity contribution in [3.8, 4) is 5.75 Å². The van der Waals surface area contributed by atoms with Gasteiger partial charge in [-0.25, -0.2) is 8.78 Å². The largest absolute Gasteiger partial charge is 0.492 e. The Hall–Kier alpha value is -2.51. The second kappa shape index (κ2) is 8.20. The summed E-state index contributed by atoms with van der Waals surface area (Å²) in [4.78, 5) is 5.43. The van der Waals surface area contributed by atoms with E-state index in [9.17, 15) is 4.39 Å². The van der Waals surface area contributed by atoms with Gasteiger partial charge >= 0.3 is 0 Å². The smallest absolute Gasteiger partial charge is 0.135 e. The number of hydrogen-bond acceptors (Lipinski definition) is 3. The zero-order chi connectivity index (χ0) is 21.5. The number of ether oxygens (including phenoxy) is 1. The number of hydrogen-bond donors (Lipinski definition) is 2. The summed E-state index contributed by atoms with van der Waals surface area (Å²) in [6.45, 7) is 4.05. The maximum absolute atomic E-state index is 15.1. The zero-order valence-electron chi connectivity index (χ0n) is 17.4. The fraction of sp³-hybridized carbons (Fsp3) is 0.417. The molecule has 4 nitrogen and oxygen atoms in total. The van der Waals surface area contributed by atoms with E-state index in [1.165, 1.54) is 12.1 Å². The standard InChI is InChI=1S/C24H26F3N3O/c1-14-8-18-17-4-2-3-5-21(17)29-23(18)24(28-14)22-19(26)9-16(10-20(22)27)31-7-6-30-12-15(11-25)13-30/h2-5,9-10,14-15,24,28-29H,6-8,11-13H2,1H3/t14-,24-/m1/s1. The maximum atomic E-state index is 15.1. The summed E-state index contributed by atoms with van der Waals surface area (Å²) in [6, 6.07) is 9.93. The lowest BCUT2D eigenvalue weighted by molar-refractivity contribution is 0.0667. The highest BCUT2D eigenvalue weighted by Gasteiger charge is 2.32. The second-order valence-electron chi connectivity index (χ2n) is 8.70. The second-order valence-corrected chi connectivity index (χ2v) is 8.70. The Morgan fingerprint density at radius 2 is 1.87 bits per heavy atom. The molecular weight excluding hydrogens is 403 g/mol. The van der Waals surface area contributed by atoms with Crippen LogP contribution in [0.3, 0.4) is 0 Å². The maximum Gasteiger partial charge on any atom is 0.135 e. The predicted octanol–water partition coefficient (Wildman–Crippen LogP) is 4.35. The lowest BCUT2D eigenvalue weighted by atomic mass is 9.90. The van der Waals surface area contributed by atoms with Crippen LogP contribution in [0.15, 0.2) is 36.4 Å². The Bertz CT molecular complexity index is 1070. The van der Waals surface area contributed by atoms with Crippen molar-refractivity contribution in [2.45, 2.75) is 25.4 Å². The van der Waals surface area contributed by atoms with Crippen molar-refractivity contribution in [2.24, 2.45) is 5.92 Å². The van der Waals surface area contributed by atoms with E-state index in [1.54, 1.807) is 0 Å². The molecule has 7 heteroatoms. The summed E-state index contributed by atoms with van der Waals surface area (Å²) in [5, 5.41) is 4.44. The molecule has 2 aliphatic rings. The van der Waals surface area contributed by atoms with E-state index in [0.717, 1.165) is 28.6 Å². The number of aromatic amines is 1. The number of alkyl halides is 1. The molecular formula is C24H26F3N3O. The Morgan fingerprint density at radius 1 is 1.13 bits per heavy atom. The van der Waals surface area contributed by atoms with Gasteiger partial charge in [0.15, 0.2) is 0 Å². The lowest BCUT2D eigenvalue weighted by Gasteiger charge is -2.37. The summed E-state index contributed by atoms with van der Waals surface area (Å²) >= 11 is 0. The van der Waals surface area contributed by atoms with E-state index in [4.69, 9.17) is 4.74 Å². The summed E-state index contributed by atoms with van der Waals surface area (Å²) < 4.78 is 48.3. The molecule has 5 rings (SSSR count). The molecule has 0 saturated carbocycles. The average Bonchev–Trinajstić information content (AvgIpc) is 3.08. The first kappa shape index (κ1) is 20.4. The third kappa shape index (κ3) is 3.81. The van der Waals surface area contributed by atoms with Gasteiger partial charge in [0.2, 0.25) is 0 Å². The van der Waals surface area contributed by atoms with Gasteiger partial charge in [0.25, 0.3) is 0 Å². The van der Waals surface area contributed by atoms with E-state index in [-0.39, 0.29) is 29.9 Å². The van der Waals surface area contributed by atoms with Crippen LogP contribution in [0.4, 0.5) is 13.2 Å². The van der Waals surface area contributed by atoms with Gasteiger partial charge in [0.05, 0.1) is 12.7 Å². The van der Waals surface area contributed by atoms with E-state index in [1.807, 2.05) is 31.2 Å². The quantitative estimate of drug-likeness (QED) is 0.612. The van der Waals surface area contributed by atoms with Crippen LogP contribution >= 0.6 is 0 Å². The summed E-state index contributed by atoms with van der Waals surface area (Å²) in [5.41, 5.74) is 2.88. The monoisotopic (exact) mass is 429 g/mol. The van der Waals surface area contributed by atoms with E-state index < -0.39 is 17.7 Å². The molecule has 164 valence electrons. The molecule has 2 N–H and O–H groups in total. The molecule has 1 aromatic heterocycles. The van der Waals surface area contributed by atoms with Gasteiger partial charge in [-0.1, -0.05) is 18.2 Å². The highest BCUT2D eigenvalue weighted by atomic mass is 19.1. The van der Waals surface area contributed by atoms with Crippen molar-refractivity contribution in [1.29, 1.82) is 0 Å². The fourth-order valence-electron chi connectivity index (χ4n) is 4.82. The van der Waals surface area contributed by atoms with Gasteiger partial charge in [-0.15, -0.1) is 0 Å². The predicted molar refractivity (Wildman–Crippen MR) is 114 cm³/mol. The Morgan fingerprint density at radius 3 is 2.61 bits per heavy atom. The number of likely N-dealkylation sites (tertiary alicyclic amines) is 1. The molecule has 0 unspecified atom stereocenters. The number of nitrogens with one attached hydrogen (secondary N) is 2. The Kier molecular flexibility index (Phi) is 5.40. The van der Waals surface area contributed by atoms with Gasteiger partial charge < -0.3 is 15.0 Å². The summed E-state index contributed by atoms with van der Waals surface area (Å²) in [5.74, 6) is -0.989. The van der Waals surface area contributed by atoms with Gasteiger partial charge in [-0.2, -0.15) is 0 Å². The van der Waals surface area contributed by atoms with Crippen molar-refractivity contribution in [3.05, 3.63) is 64.9 Å². The Balaban J connectivity index is 1.37. The summed E-state index contributed by atoms with van der Waals surface area (Å²) in [6.07, 6.45) is 0.792. The molecule has 1 fully saturated rings. The van der Waals surface area contributed by atoms with E-state index in [2.05, 4.69) is 15.2 Å². The molecule has 2 aromatic carbocycles. The van der Waals surface area contributed by atoms with Gasteiger partial charge in [0.1, 0.15) is 24.0 Å². The van der Waals surface area contributed by atoms with Crippen LogP contribution in [0.5, 0.6) is 5.75 Å². The van der Waals surface area contributed by atoms with Crippen LogP contribution in [0.1, 0.15) is 29.8 Å². The molecule has 3 aromatic rings. The number of para-hydroxylation sites is 1. The van der Waals surface area contributed by atoms with Crippen molar-refractivity contribution < 1.29 is 17.9 Å². The minimum absolute atomic E-state index is 0.000219. The first-order chi connectivity index (χ1) is 15.0. The van der Waals surface area contributed by atoms with Crippen molar-refractivity contribution in [1.82, 2.24) is 15.2 Å². The molecule has 2 atom stereocenters. The van der Waals surface area contributed by atoms with Crippen LogP contribution < -0.4 is 10.1 Å². The molecule has 0 aliphatic carbocycles. The number of rotatable bonds is 6. The number of halogens is 3. The third-order valence-electron chi connectivity index (χ3n) is 6.37. The first-order valence-corrected chi connectivity index (χ1v) is 10.8. The van der Waals surface area contributed by atoms with Crippen molar-refractivity contribution in [2.75, 3.05) is 32.9 Å². The fourth-order valence-corrected chi connectivity index (χ4v) is 4.82. The SMILES string of the molecule is C[C@@H]1Cc2c([nH]c3ccccc23)[C@@H](c2c(F)cc(OCCN3CC(CF)C3)cc2F)N1. The molecule has 3 heterocycles. The van der Waals surface area contributed by atoms with Crippen LogP contribution in [0, 0.1) is 17.6 Å². The van der Waals surface area contributed by atoms with Gasteiger partial charge in [0, 0.05) is 65.9 Å². The number of nitrogens with zero attached hydrogens (tertiary/aromatic N) is 1. The number of aromatic nitrogens is 1. The molecule has 31 heavy (non-hydrogen) atoms. The molecule has 1 saturated heterocycles. The normalized spacial score (nSPS) is 21.8. The van der Waals surface area contributed by atoms with Crippen LogP contribution in [0.2, 0.25) is 0 Å². The minimum atomic E-state index is -0.632. The topological polar surface area (TPSA) is 40.3 Å². The Labute approximate surface area is 179 Å². The van der Waals surface area contributed by atoms with Crippen LogP contribution in [-0.4, -0.2) is 48.8 Å². The number of H-pyrrole nitrogens is 1. The van der Waals surface area contributed by atoms with Crippen molar-refractivity contribution >= 4 is 10.9 Å². The molecule has 0 spiro atoms. The van der Waals surface area contributed by atoms with Gasteiger partial charge in [-0.3, -0.25) is 9.29 Å². The molecule has 0 bridgehead atoms. The lowest BCUT2D eigenvalue weighted by Crippen LogP contribution is -2.49. The van der Waals surface area contributed by atoms with E-state index >= 15 is 8.78 Å². The zero-order valence-corrected chi connectivity index (χ0v) is 17.4. The summed E-state index contributed by atoms with van der Waals surface area (Å²) in [7, 11) is 0. The average molecular weight is 429 g/mol.